The number of aryl methyl sites for hydroxylation is 2. The van der Waals surface area contributed by atoms with Crippen LogP contribution >= 0.6 is 12.2 Å². The van der Waals surface area contributed by atoms with Gasteiger partial charge in [-0.15, -0.1) is 0 Å². The highest BCUT2D eigenvalue weighted by atomic mass is 32.1. The number of nitrogens with one attached hydrogen (secondary N) is 1. The number of hydrogen-bond acceptors (Lipinski definition) is 3. The van der Waals surface area contributed by atoms with E-state index in [-0.39, 0.29) is 5.91 Å². The topological polar surface area (TPSA) is 41.6 Å². The summed E-state index contributed by atoms with van der Waals surface area (Å²) in [6.07, 6.45) is 2.25. The van der Waals surface area contributed by atoms with Crippen LogP contribution in [0.1, 0.15) is 41.3 Å². The van der Waals surface area contributed by atoms with Crippen molar-refractivity contribution in [1.29, 1.82) is 0 Å². The average molecular weight is 383 g/mol. The van der Waals surface area contributed by atoms with Crippen LogP contribution in [0.3, 0.4) is 0 Å². The Hall–Kier alpha value is -2.40. The molecule has 1 saturated heterocycles. The van der Waals surface area contributed by atoms with Crippen LogP contribution in [-0.2, 0) is 0 Å². The number of amides is 1. The number of carbonyl (C=O) groups excluding carboxylic acids is 1. The first-order valence-electron chi connectivity index (χ1n) is 9.38. The predicted molar refractivity (Wildman–Crippen MR) is 114 cm³/mol. The lowest BCUT2D eigenvalue weighted by Crippen LogP contribution is -2.39. The molecule has 27 heavy (non-hydrogen) atoms. The fourth-order valence-electron chi connectivity index (χ4n) is 3.08. The first-order valence-corrected chi connectivity index (χ1v) is 9.78. The van der Waals surface area contributed by atoms with Crippen LogP contribution in [-0.4, -0.2) is 29.1 Å². The second-order valence-corrected chi connectivity index (χ2v) is 7.67. The van der Waals surface area contributed by atoms with Crippen LogP contribution in [0, 0.1) is 19.8 Å². The molecule has 0 saturated carbocycles. The van der Waals surface area contributed by atoms with Gasteiger partial charge in [-0.05, 0) is 86.3 Å². The SMILES string of the molecule is Cc1ccc(NC(=O)c2cccc(OC(=S)N3CCC(C)CC3)c2)cc1C. The summed E-state index contributed by atoms with van der Waals surface area (Å²) >= 11 is 5.44. The van der Waals surface area contributed by atoms with E-state index >= 15 is 0 Å². The van der Waals surface area contributed by atoms with Gasteiger partial charge in [0, 0.05) is 24.3 Å². The van der Waals surface area contributed by atoms with Crippen LogP contribution in [0.2, 0.25) is 0 Å². The van der Waals surface area contributed by atoms with Crippen molar-refractivity contribution in [2.45, 2.75) is 33.6 Å². The van der Waals surface area contributed by atoms with Crippen LogP contribution in [0.5, 0.6) is 5.75 Å². The molecule has 5 heteroatoms. The minimum Gasteiger partial charge on any atom is -0.432 e. The maximum absolute atomic E-state index is 12.6. The van der Waals surface area contributed by atoms with E-state index in [4.69, 9.17) is 17.0 Å². The smallest absolute Gasteiger partial charge is 0.264 e. The molecule has 0 spiro atoms. The number of likely N-dealkylation sites (tertiary alicyclic amines) is 1. The molecule has 1 amide bonds. The van der Waals surface area contributed by atoms with Gasteiger partial charge in [-0.1, -0.05) is 19.1 Å². The third-order valence-corrected chi connectivity index (χ3v) is 5.45. The highest BCUT2D eigenvalue weighted by molar-refractivity contribution is 7.80. The zero-order chi connectivity index (χ0) is 19.4. The standard InChI is InChI=1S/C22H26N2O2S/c1-15-9-11-24(12-10-15)22(27)26-20-6-4-5-18(14-20)21(25)23-19-8-7-16(2)17(3)13-19/h4-8,13-15H,9-12H2,1-3H3,(H,23,25). The summed E-state index contributed by atoms with van der Waals surface area (Å²) in [5.74, 6) is 1.16. The number of rotatable bonds is 3. The van der Waals surface area contributed by atoms with Gasteiger partial charge in [-0.3, -0.25) is 4.79 Å². The fraction of sp³-hybridized carbons (Fsp3) is 0.364. The van der Waals surface area contributed by atoms with Gasteiger partial charge in [-0.2, -0.15) is 0 Å². The third kappa shape index (κ3) is 5.07. The third-order valence-electron chi connectivity index (χ3n) is 5.11. The second-order valence-electron chi connectivity index (χ2n) is 7.32. The predicted octanol–water partition coefficient (Wildman–Crippen LogP) is 4.95. The Bertz CT molecular complexity index is 842. The Balaban J connectivity index is 1.64. The number of carbonyl (C=O) groups is 1. The first kappa shape index (κ1) is 19.4. The summed E-state index contributed by atoms with van der Waals surface area (Å²) in [6, 6.07) is 13.0. The molecule has 1 aliphatic heterocycles. The lowest BCUT2D eigenvalue weighted by molar-refractivity contribution is 0.102. The van der Waals surface area contributed by atoms with Gasteiger partial charge >= 0.3 is 0 Å². The molecular formula is C22H26N2O2S. The normalized spacial score (nSPS) is 14.7. The van der Waals surface area contributed by atoms with Gasteiger partial charge in [0.2, 0.25) is 0 Å². The van der Waals surface area contributed by atoms with Crippen molar-refractivity contribution < 1.29 is 9.53 Å². The molecule has 0 radical (unpaired) electrons. The molecule has 142 valence electrons. The van der Waals surface area contributed by atoms with Crippen LogP contribution in [0.4, 0.5) is 5.69 Å². The maximum atomic E-state index is 12.6. The molecule has 0 bridgehead atoms. The highest BCUT2D eigenvalue weighted by Gasteiger charge is 2.19. The van der Waals surface area contributed by atoms with Gasteiger partial charge in [0.05, 0.1) is 0 Å². The summed E-state index contributed by atoms with van der Waals surface area (Å²) < 4.78 is 5.84. The van der Waals surface area contributed by atoms with E-state index in [1.807, 2.05) is 44.2 Å². The van der Waals surface area contributed by atoms with Gasteiger partial charge in [-0.25, -0.2) is 0 Å². The van der Waals surface area contributed by atoms with Crippen molar-refractivity contribution in [3.05, 3.63) is 59.2 Å². The minimum atomic E-state index is -0.165. The number of anilines is 1. The largest absolute Gasteiger partial charge is 0.432 e. The van der Waals surface area contributed by atoms with E-state index in [1.54, 1.807) is 12.1 Å². The number of ether oxygens (including phenoxy) is 1. The molecule has 2 aromatic rings. The van der Waals surface area contributed by atoms with Crippen molar-refractivity contribution in [1.82, 2.24) is 4.90 Å². The van der Waals surface area contributed by atoms with E-state index in [0.717, 1.165) is 43.1 Å². The summed E-state index contributed by atoms with van der Waals surface area (Å²) in [6.45, 7) is 8.19. The monoisotopic (exact) mass is 382 g/mol. The molecule has 0 atom stereocenters. The van der Waals surface area contributed by atoms with Crippen LogP contribution in [0.15, 0.2) is 42.5 Å². The van der Waals surface area contributed by atoms with Crippen LogP contribution in [0.25, 0.3) is 0 Å². The number of hydrogen-bond donors (Lipinski definition) is 1. The Labute approximate surface area is 166 Å². The van der Waals surface area contributed by atoms with Crippen molar-refractivity contribution >= 4 is 29.0 Å². The summed E-state index contributed by atoms with van der Waals surface area (Å²) in [5, 5.41) is 3.42. The van der Waals surface area contributed by atoms with E-state index < -0.39 is 0 Å². The average Bonchev–Trinajstić information content (AvgIpc) is 2.65. The molecule has 0 aliphatic carbocycles. The Morgan fingerprint density at radius 2 is 1.85 bits per heavy atom. The quantitative estimate of drug-likeness (QED) is 0.763. The van der Waals surface area contributed by atoms with Gasteiger partial charge < -0.3 is 15.0 Å². The zero-order valence-electron chi connectivity index (χ0n) is 16.1. The van der Waals surface area contributed by atoms with Crippen LogP contribution < -0.4 is 10.1 Å². The van der Waals surface area contributed by atoms with Crippen molar-refractivity contribution in [3.8, 4) is 5.75 Å². The lowest BCUT2D eigenvalue weighted by atomic mass is 10.00. The van der Waals surface area contributed by atoms with E-state index in [9.17, 15) is 4.79 Å². The molecule has 3 rings (SSSR count). The summed E-state index contributed by atoms with van der Waals surface area (Å²) in [5.41, 5.74) is 3.67. The zero-order valence-corrected chi connectivity index (χ0v) is 16.9. The van der Waals surface area contributed by atoms with Gasteiger partial charge in [0.15, 0.2) is 0 Å². The van der Waals surface area contributed by atoms with E-state index in [1.165, 1.54) is 5.56 Å². The Morgan fingerprint density at radius 3 is 2.56 bits per heavy atom. The summed E-state index contributed by atoms with van der Waals surface area (Å²) in [4.78, 5) is 14.7. The number of thiocarbonyl (C=S) groups is 1. The van der Waals surface area contributed by atoms with Crippen molar-refractivity contribution in [2.24, 2.45) is 5.92 Å². The number of nitrogens with zero attached hydrogens (tertiary/aromatic N) is 1. The molecule has 1 fully saturated rings. The lowest BCUT2D eigenvalue weighted by Gasteiger charge is -2.31. The van der Waals surface area contributed by atoms with E-state index in [0.29, 0.717) is 16.5 Å². The van der Waals surface area contributed by atoms with E-state index in [2.05, 4.69) is 17.1 Å². The number of piperidine rings is 1. The molecule has 1 aliphatic rings. The van der Waals surface area contributed by atoms with Gasteiger partial charge in [0.1, 0.15) is 5.75 Å². The highest BCUT2D eigenvalue weighted by Crippen LogP contribution is 2.20. The second kappa shape index (κ2) is 8.53. The first-order chi connectivity index (χ1) is 12.9. The molecule has 2 aromatic carbocycles. The summed E-state index contributed by atoms with van der Waals surface area (Å²) in [7, 11) is 0. The molecule has 4 nitrogen and oxygen atoms in total. The van der Waals surface area contributed by atoms with Gasteiger partial charge in [0.25, 0.3) is 11.1 Å². The number of benzene rings is 2. The Kier molecular flexibility index (Phi) is 6.11. The Morgan fingerprint density at radius 1 is 1.11 bits per heavy atom. The van der Waals surface area contributed by atoms with Crippen molar-refractivity contribution in [3.63, 3.8) is 0 Å². The maximum Gasteiger partial charge on any atom is 0.264 e. The molecule has 0 aromatic heterocycles. The minimum absolute atomic E-state index is 0.165. The van der Waals surface area contributed by atoms with Crippen molar-refractivity contribution in [2.75, 3.05) is 18.4 Å². The molecular weight excluding hydrogens is 356 g/mol. The molecule has 0 unspecified atom stereocenters. The molecule has 1 N–H and O–H groups in total. The fourth-order valence-corrected chi connectivity index (χ4v) is 3.36. The molecule has 1 heterocycles.